The van der Waals surface area contributed by atoms with Crippen LogP contribution in [0.25, 0.3) is 11.0 Å². The molecule has 0 atom stereocenters. The van der Waals surface area contributed by atoms with Gasteiger partial charge < -0.3 is 4.98 Å². The van der Waals surface area contributed by atoms with Crippen LogP contribution in [0.1, 0.15) is 38.5 Å². The lowest BCUT2D eigenvalue weighted by Gasteiger charge is -2.56. The number of hydrogen-bond donors (Lipinski definition) is 1. The van der Waals surface area contributed by atoms with E-state index in [0.717, 1.165) is 23.4 Å². The van der Waals surface area contributed by atoms with E-state index in [1.807, 2.05) is 0 Å². The molecule has 0 amide bonds. The Morgan fingerprint density at radius 1 is 1.15 bits per heavy atom. The second-order valence-corrected chi connectivity index (χ2v) is 7.17. The van der Waals surface area contributed by atoms with E-state index in [2.05, 4.69) is 19.7 Å². The fourth-order valence-corrected chi connectivity index (χ4v) is 5.53. The van der Waals surface area contributed by atoms with Gasteiger partial charge in [0, 0.05) is 0 Å². The number of nitrogens with zero attached hydrogens (tertiary/aromatic N) is 3. The molecule has 2 aromatic rings. The van der Waals surface area contributed by atoms with Crippen molar-refractivity contribution in [1.29, 1.82) is 0 Å². The van der Waals surface area contributed by atoms with Gasteiger partial charge in [-0.1, -0.05) is 0 Å². The maximum atomic E-state index is 11.9. The average Bonchev–Trinajstić information content (AvgIpc) is 2.83. The maximum absolute atomic E-state index is 11.9. The van der Waals surface area contributed by atoms with Crippen molar-refractivity contribution in [2.75, 3.05) is 0 Å². The maximum Gasteiger partial charge on any atom is 0.261 e. The van der Waals surface area contributed by atoms with Crippen molar-refractivity contribution in [3.63, 3.8) is 0 Å². The molecular formula is C15H18N4O. The molecule has 1 N–H and O–H groups in total. The highest BCUT2D eigenvalue weighted by Crippen LogP contribution is 2.58. The summed E-state index contributed by atoms with van der Waals surface area (Å²) >= 11 is 0. The van der Waals surface area contributed by atoms with Crippen molar-refractivity contribution >= 4 is 11.0 Å². The lowest BCUT2D eigenvalue weighted by atomic mass is 9.53. The van der Waals surface area contributed by atoms with Gasteiger partial charge in [-0.25, -0.2) is 9.67 Å². The molecule has 2 aromatic heterocycles. The van der Waals surface area contributed by atoms with Crippen LogP contribution in [-0.2, 0) is 5.54 Å². The molecule has 4 fully saturated rings. The van der Waals surface area contributed by atoms with Crippen LogP contribution in [0.3, 0.4) is 0 Å². The van der Waals surface area contributed by atoms with E-state index in [4.69, 9.17) is 0 Å². The number of rotatable bonds is 1. The summed E-state index contributed by atoms with van der Waals surface area (Å²) in [6.45, 7) is 0. The molecule has 2 heterocycles. The summed E-state index contributed by atoms with van der Waals surface area (Å²) < 4.78 is 2.10. The molecule has 0 radical (unpaired) electrons. The number of aromatic nitrogens is 4. The van der Waals surface area contributed by atoms with Gasteiger partial charge in [0.25, 0.3) is 5.56 Å². The van der Waals surface area contributed by atoms with Crippen molar-refractivity contribution < 1.29 is 0 Å². The fraction of sp³-hybridized carbons (Fsp3) is 0.667. The van der Waals surface area contributed by atoms with Gasteiger partial charge in [0.05, 0.1) is 18.1 Å². The molecule has 4 saturated carbocycles. The molecule has 0 unspecified atom stereocenters. The fourth-order valence-electron chi connectivity index (χ4n) is 5.53. The minimum absolute atomic E-state index is 0.0778. The molecule has 0 saturated heterocycles. The molecule has 6 rings (SSSR count). The van der Waals surface area contributed by atoms with Gasteiger partial charge >= 0.3 is 0 Å². The standard InChI is InChI=1S/C15H18N4O/c20-14-12-7-18-19(13(12)16-8-17-14)15-4-9-1-10(5-15)3-11(2-9)6-15/h7-11H,1-6H2,(H,16,17,20). The molecular weight excluding hydrogens is 252 g/mol. The second kappa shape index (κ2) is 3.51. The molecule has 104 valence electrons. The lowest BCUT2D eigenvalue weighted by molar-refractivity contribution is -0.0473. The number of hydrogen-bond acceptors (Lipinski definition) is 3. The van der Waals surface area contributed by atoms with E-state index < -0.39 is 0 Å². The minimum Gasteiger partial charge on any atom is -0.312 e. The van der Waals surface area contributed by atoms with Crippen LogP contribution in [0.15, 0.2) is 17.3 Å². The molecule has 20 heavy (non-hydrogen) atoms. The van der Waals surface area contributed by atoms with Crippen molar-refractivity contribution in [2.45, 2.75) is 44.1 Å². The number of H-pyrrole nitrogens is 1. The average molecular weight is 270 g/mol. The highest BCUT2D eigenvalue weighted by Gasteiger charge is 2.52. The van der Waals surface area contributed by atoms with Crippen LogP contribution < -0.4 is 5.56 Å². The molecule has 4 aliphatic rings. The SMILES string of the molecule is O=c1[nH]cnc2c1cnn2C12CC3CC(CC(C3)C1)C2. The van der Waals surface area contributed by atoms with Crippen molar-refractivity contribution in [3.05, 3.63) is 22.9 Å². The summed E-state index contributed by atoms with van der Waals surface area (Å²) in [5, 5.41) is 5.21. The largest absolute Gasteiger partial charge is 0.312 e. The van der Waals surface area contributed by atoms with E-state index in [-0.39, 0.29) is 11.1 Å². The Balaban J connectivity index is 1.71. The minimum atomic E-state index is -0.0778. The molecule has 5 heteroatoms. The number of fused-ring (bicyclic) bond motifs is 1. The highest BCUT2D eigenvalue weighted by molar-refractivity contribution is 5.73. The van der Waals surface area contributed by atoms with Crippen LogP contribution >= 0.6 is 0 Å². The predicted octanol–water partition coefficient (Wildman–Crippen LogP) is 2.04. The summed E-state index contributed by atoms with van der Waals surface area (Å²) in [7, 11) is 0. The molecule has 0 spiro atoms. The quantitative estimate of drug-likeness (QED) is 0.862. The van der Waals surface area contributed by atoms with Gasteiger partial charge in [0.15, 0.2) is 5.65 Å². The van der Waals surface area contributed by atoms with Gasteiger partial charge in [0.1, 0.15) is 5.39 Å². The number of aromatic amines is 1. The van der Waals surface area contributed by atoms with E-state index >= 15 is 0 Å². The first-order valence-corrected chi connectivity index (χ1v) is 7.65. The second-order valence-electron chi connectivity index (χ2n) is 7.17. The lowest BCUT2D eigenvalue weighted by Crippen LogP contribution is -2.52. The molecule has 0 aromatic carbocycles. The first kappa shape index (κ1) is 11.1. The molecule has 0 aliphatic heterocycles. The Hall–Kier alpha value is -1.65. The van der Waals surface area contributed by atoms with Crippen molar-refractivity contribution in [2.24, 2.45) is 17.8 Å². The Kier molecular flexibility index (Phi) is 1.94. The van der Waals surface area contributed by atoms with Gasteiger partial charge in [-0.2, -0.15) is 5.10 Å². The topological polar surface area (TPSA) is 63.6 Å². The predicted molar refractivity (Wildman–Crippen MR) is 74.3 cm³/mol. The first-order valence-electron chi connectivity index (χ1n) is 7.65. The van der Waals surface area contributed by atoms with Crippen molar-refractivity contribution in [3.8, 4) is 0 Å². The zero-order chi connectivity index (χ0) is 13.3. The van der Waals surface area contributed by atoms with Crippen LogP contribution in [-0.4, -0.2) is 19.7 Å². The summed E-state index contributed by atoms with van der Waals surface area (Å²) in [6, 6.07) is 0. The van der Waals surface area contributed by atoms with Crippen LogP contribution in [0, 0.1) is 17.8 Å². The van der Waals surface area contributed by atoms with Crippen LogP contribution in [0.2, 0.25) is 0 Å². The van der Waals surface area contributed by atoms with Gasteiger partial charge in [0.2, 0.25) is 0 Å². The Bertz CT molecular complexity index is 708. The summed E-state index contributed by atoms with van der Waals surface area (Å²) in [6.07, 6.45) is 11.1. The van der Waals surface area contributed by atoms with Gasteiger partial charge in [-0.15, -0.1) is 0 Å². The zero-order valence-corrected chi connectivity index (χ0v) is 11.4. The Morgan fingerprint density at radius 2 is 1.80 bits per heavy atom. The summed E-state index contributed by atoms with van der Waals surface area (Å²) in [5.74, 6) is 2.59. The third-order valence-electron chi connectivity index (χ3n) is 5.83. The normalized spacial score (nSPS) is 38.7. The van der Waals surface area contributed by atoms with E-state index in [0.29, 0.717) is 5.39 Å². The van der Waals surface area contributed by atoms with Crippen LogP contribution in [0.5, 0.6) is 0 Å². The van der Waals surface area contributed by atoms with E-state index in [1.165, 1.54) is 44.9 Å². The molecule has 4 bridgehead atoms. The zero-order valence-electron chi connectivity index (χ0n) is 11.4. The number of nitrogens with one attached hydrogen (secondary N) is 1. The highest BCUT2D eigenvalue weighted by atomic mass is 16.1. The summed E-state index contributed by atoms with van der Waals surface area (Å²) in [4.78, 5) is 18.9. The third kappa shape index (κ3) is 1.30. The smallest absolute Gasteiger partial charge is 0.261 e. The van der Waals surface area contributed by atoms with E-state index in [9.17, 15) is 4.79 Å². The van der Waals surface area contributed by atoms with Gasteiger partial charge in [-0.3, -0.25) is 4.79 Å². The third-order valence-corrected chi connectivity index (χ3v) is 5.83. The van der Waals surface area contributed by atoms with Crippen molar-refractivity contribution in [1.82, 2.24) is 19.7 Å². The Morgan fingerprint density at radius 3 is 2.45 bits per heavy atom. The molecule has 5 nitrogen and oxygen atoms in total. The van der Waals surface area contributed by atoms with Gasteiger partial charge in [-0.05, 0) is 56.3 Å². The Labute approximate surface area is 116 Å². The monoisotopic (exact) mass is 270 g/mol. The first-order chi connectivity index (χ1) is 9.73. The molecule has 4 aliphatic carbocycles. The van der Waals surface area contributed by atoms with Crippen LogP contribution in [0.4, 0.5) is 0 Å². The summed E-state index contributed by atoms with van der Waals surface area (Å²) in [5.41, 5.74) is 0.832. The van der Waals surface area contributed by atoms with E-state index in [1.54, 1.807) is 6.20 Å².